The summed E-state index contributed by atoms with van der Waals surface area (Å²) in [6, 6.07) is 12.3. The fourth-order valence-electron chi connectivity index (χ4n) is 2.58. The predicted molar refractivity (Wildman–Crippen MR) is 115 cm³/mol. The summed E-state index contributed by atoms with van der Waals surface area (Å²) in [5, 5.41) is 5.61. The lowest BCUT2D eigenvalue weighted by atomic mass is 10.1. The molecule has 0 unspecified atom stereocenters. The van der Waals surface area contributed by atoms with E-state index in [2.05, 4.69) is 10.6 Å². The van der Waals surface area contributed by atoms with Crippen LogP contribution in [0.2, 0.25) is 0 Å². The molecule has 2 aromatic rings. The van der Waals surface area contributed by atoms with Gasteiger partial charge >= 0.3 is 0 Å². The highest BCUT2D eigenvalue weighted by Crippen LogP contribution is 2.28. The van der Waals surface area contributed by atoms with Gasteiger partial charge in [-0.1, -0.05) is 18.2 Å². The Morgan fingerprint density at radius 3 is 2.45 bits per heavy atom. The fourth-order valence-corrected chi connectivity index (χ4v) is 2.58. The molecule has 0 heterocycles. The van der Waals surface area contributed by atoms with Crippen LogP contribution in [0.5, 0.6) is 11.5 Å². The summed E-state index contributed by atoms with van der Waals surface area (Å²) in [7, 11) is 6.99. The summed E-state index contributed by atoms with van der Waals surface area (Å²) in [6.45, 7) is 1.25. The number of nitrogens with zero attached hydrogens (tertiary/aromatic N) is 1. The molecule has 0 aliphatic carbocycles. The van der Waals surface area contributed by atoms with Crippen LogP contribution in [0.1, 0.15) is 15.9 Å². The lowest BCUT2D eigenvalue weighted by molar-refractivity contribution is -0.111. The van der Waals surface area contributed by atoms with E-state index in [4.69, 9.17) is 9.47 Å². The van der Waals surface area contributed by atoms with Crippen molar-refractivity contribution < 1.29 is 19.1 Å². The average Bonchev–Trinajstić information content (AvgIpc) is 2.72. The molecule has 154 valence electrons. The second kappa shape index (κ2) is 10.9. The summed E-state index contributed by atoms with van der Waals surface area (Å²) < 4.78 is 10.5. The first kappa shape index (κ1) is 22.0. The third-order valence-corrected chi connectivity index (χ3v) is 4.11. The van der Waals surface area contributed by atoms with Crippen molar-refractivity contribution in [1.29, 1.82) is 0 Å². The van der Waals surface area contributed by atoms with Gasteiger partial charge in [-0.3, -0.25) is 9.59 Å². The van der Waals surface area contributed by atoms with Crippen LogP contribution >= 0.6 is 0 Å². The zero-order chi connectivity index (χ0) is 21.2. The minimum atomic E-state index is -0.340. The van der Waals surface area contributed by atoms with Crippen LogP contribution in [0.3, 0.4) is 0 Å². The molecule has 7 nitrogen and oxygen atoms in total. The zero-order valence-electron chi connectivity index (χ0n) is 17.2. The van der Waals surface area contributed by atoms with E-state index in [1.807, 2.05) is 25.1 Å². The first-order valence-corrected chi connectivity index (χ1v) is 9.17. The Hall–Kier alpha value is -3.32. The Balaban J connectivity index is 2.05. The van der Waals surface area contributed by atoms with Crippen molar-refractivity contribution >= 4 is 23.6 Å². The smallest absolute Gasteiger partial charge is 0.253 e. The number of rotatable bonds is 9. The van der Waals surface area contributed by atoms with Gasteiger partial charge in [-0.25, -0.2) is 0 Å². The maximum atomic E-state index is 12.4. The minimum absolute atomic E-state index is 0.230. The predicted octanol–water partition coefficient (Wildman–Crippen LogP) is 2.65. The van der Waals surface area contributed by atoms with Crippen molar-refractivity contribution in [3.05, 3.63) is 59.7 Å². The van der Waals surface area contributed by atoms with Gasteiger partial charge in [-0.15, -0.1) is 0 Å². The van der Waals surface area contributed by atoms with Crippen LogP contribution in [-0.2, 0) is 4.79 Å². The van der Waals surface area contributed by atoms with Crippen molar-refractivity contribution in [1.82, 2.24) is 10.2 Å². The molecule has 0 bridgehead atoms. The topological polar surface area (TPSA) is 79.9 Å². The number of carbonyl (C=O) groups is 2. The Morgan fingerprint density at radius 1 is 1.03 bits per heavy atom. The van der Waals surface area contributed by atoms with Crippen LogP contribution in [0.15, 0.2) is 48.5 Å². The Bertz CT molecular complexity index is 878. The van der Waals surface area contributed by atoms with E-state index in [0.29, 0.717) is 29.3 Å². The highest BCUT2D eigenvalue weighted by atomic mass is 16.5. The maximum absolute atomic E-state index is 12.4. The van der Waals surface area contributed by atoms with Crippen LogP contribution < -0.4 is 20.1 Å². The van der Waals surface area contributed by atoms with Crippen molar-refractivity contribution in [2.45, 2.75) is 0 Å². The number of likely N-dealkylation sites (N-methyl/N-ethyl adjacent to an activating group) is 1. The van der Waals surface area contributed by atoms with Crippen LogP contribution in [0.4, 0.5) is 5.69 Å². The SMILES string of the molecule is COc1ccc(/C=C/C(=O)Nc2ccccc2C(=O)NCCN(C)C)cc1OC. The van der Waals surface area contributed by atoms with Crippen LogP contribution in [-0.4, -0.2) is 58.1 Å². The summed E-state index contributed by atoms with van der Waals surface area (Å²) in [6.07, 6.45) is 3.07. The molecule has 0 spiro atoms. The first-order valence-electron chi connectivity index (χ1n) is 9.17. The summed E-state index contributed by atoms with van der Waals surface area (Å²) in [5.41, 5.74) is 1.66. The number of methoxy groups -OCH3 is 2. The molecule has 0 radical (unpaired) electrons. The van der Waals surface area contributed by atoms with Gasteiger partial charge in [0, 0.05) is 19.2 Å². The van der Waals surface area contributed by atoms with E-state index in [1.165, 1.54) is 6.08 Å². The minimum Gasteiger partial charge on any atom is -0.493 e. The zero-order valence-corrected chi connectivity index (χ0v) is 17.2. The molecule has 2 rings (SSSR count). The van der Waals surface area contributed by atoms with Gasteiger partial charge in [-0.2, -0.15) is 0 Å². The quantitative estimate of drug-likeness (QED) is 0.636. The number of anilines is 1. The van der Waals surface area contributed by atoms with Crippen molar-refractivity contribution in [2.75, 3.05) is 46.7 Å². The molecule has 7 heteroatoms. The van der Waals surface area contributed by atoms with E-state index in [9.17, 15) is 9.59 Å². The second-order valence-corrected chi connectivity index (χ2v) is 6.54. The molecule has 0 aromatic heterocycles. The van der Waals surface area contributed by atoms with Gasteiger partial charge in [-0.05, 0) is 50.0 Å². The Morgan fingerprint density at radius 2 is 1.76 bits per heavy atom. The molecule has 0 saturated heterocycles. The van der Waals surface area contributed by atoms with Gasteiger partial charge in [0.05, 0.1) is 25.5 Å². The number of nitrogens with one attached hydrogen (secondary N) is 2. The van der Waals surface area contributed by atoms with E-state index >= 15 is 0 Å². The van der Waals surface area contributed by atoms with Gasteiger partial charge in [0.15, 0.2) is 11.5 Å². The van der Waals surface area contributed by atoms with E-state index in [1.54, 1.807) is 56.7 Å². The number of hydrogen-bond donors (Lipinski definition) is 2. The molecular formula is C22H27N3O4. The molecule has 2 aromatic carbocycles. The number of amides is 2. The van der Waals surface area contributed by atoms with E-state index in [-0.39, 0.29) is 11.8 Å². The summed E-state index contributed by atoms with van der Waals surface area (Å²) in [5.74, 6) is 0.623. The van der Waals surface area contributed by atoms with Crippen LogP contribution in [0, 0.1) is 0 Å². The van der Waals surface area contributed by atoms with E-state index < -0.39 is 0 Å². The summed E-state index contributed by atoms with van der Waals surface area (Å²) in [4.78, 5) is 26.7. The monoisotopic (exact) mass is 397 g/mol. The van der Waals surface area contributed by atoms with Crippen molar-refractivity contribution in [3.63, 3.8) is 0 Å². The van der Waals surface area contributed by atoms with Gasteiger partial charge < -0.3 is 25.0 Å². The molecule has 2 amide bonds. The highest BCUT2D eigenvalue weighted by molar-refractivity contribution is 6.07. The van der Waals surface area contributed by atoms with Crippen LogP contribution in [0.25, 0.3) is 6.08 Å². The fraction of sp³-hybridized carbons (Fsp3) is 0.273. The first-order chi connectivity index (χ1) is 13.9. The summed E-state index contributed by atoms with van der Waals surface area (Å²) >= 11 is 0. The standard InChI is InChI=1S/C22H27N3O4/c1-25(2)14-13-23-22(27)17-7-5-6-8-18(17)24-21(26)12-10-16-9-11-19(28-3)20(15-16)29-4/h5-12,15H,13-14H2,1-4H3,(H,23,27)(H,24,26)/b12-10+. The average molecular weight is 397 g/mol. The number of hydrogen-bond acceptors (Lipinski definition) is 5. The highest BCUT2D eigenvalue weighted by Gasteiger charge is 2.12. The lowest BCUT2D eigenvalue weighted by Crippen LogP contribution is -2.31. The molecule has 29 heavy (non-hydrogen) atoms. The molecule has 2 N–H and O–H groups in total. The van der Waals surface area contributed by atoms with Gasteiger partial charge in [0.25, 0.3) is 5.91 Å². The van der Waals surface area contributed by atoms with Crippen molar-refractivity contribution in [3.8, 4) is 11.5 Å². The van der Waals surface area contributed by atoms with Gasteiger partial charge in [0.2, 0.25) is 5.91 Å². The third-order valence-electron chi connectivity index (χ3n) is 4.11. The normalized spacial score (nSPS) is 10.8. The molecule has 0 atom stereocenters. The number of carbonyl (C=O) groups excluding carboxylic acids is 2. The molecule has 0 saturated carbocycles. The Kier molecular flexibility index (Phi) is 8.24. The third kappa shape index (κ3) is 6.65. The van der Waals surface area contributed by atoms with E-state index in [0.717, 1.165) is 12.1 Å². The number of ether oxygens (including phenoxy) is 2. The maximum Gasteiger partial charge on any atom is 0.253 e. The lowest BCUT2D eigenvalue weighted by Gasteiger charge is -2.12. The largest absolute Gasteiger partial charge is 0.493 e. The number of para-hydroxylation sites is 1. The Labute approximate surface area is 171 Å². The molecular weight excluding hydrogens is 370 g/mol. The molecule has 0 aliphatic rings. The molecule has 0 aliphatic heterocycles. The molecule has 0 fully saturated rings. The number of benzene rings is 2. The second-order valence-electron chi connectivity index (χ2n) is 6.54. The van der Waals surface area contributed by atoms with Crippen molar-refractivity contribution in [2.24, 2.45) is 0 Å². The van der Waals surface area contributed by atoms with Gasteiger partial charge in [0.1, 0.15) is 0 Å².